The first-order valence-corrected chi connectivity index (χ1v) is 8.36. The van der Waals surface area contributed by atoms with Crippen molar-refractivity contribution in [3.05, 3.63) is 77.8 Å². The lowest BCUT2D eigenvalue weighted by Crippen LogP contribution is -2.34. The van der Waals surface area contributed by atoms with Gasteiger partial charge in [0.1, 0.15) is 11.7 Å². The van der Waals surface area contributed by atoms with Gasteiger partial charge in [0, 0.05) is 5.92 Å². The Labute approximate surface area is 146 Å². The number of hydrogen-bond donors (Lipinski definition) is 0. The summed E-state index contributed by atoms with van der Waals surface area (Å²) < 4.78 is 10.4. The molecular formula is C21H20O4. The van der Waals surface area contributed by atoms with Gasteiger partial charge in [-0.2, -0.15) is 0 Å². The topological polar surface area (TPSA) is 56.5 Å². The first kappa shape index (κ1) is 17.0. The molecule has 0 amide bonds. The number of benzene rings is 1. The molecule has 3 rings (SSSR count). The van der Waals surface area contributed by atoms with Crippen LogP contribution in [0.4, 0.5) is 0 Å². The number of furan rings is 1. The van der Waals surface area contributed by atoms with Crippen molar-refractivity contribution in [3.63, 3.8) is 0 Å². The van der Waals surface area contributed by atoms with Gasteiger partial charge in [-0.3, -0.25) is 9.59 Å². The van der Waals surface area contributed by atoms with Crippen LogP contribution in [-0.2, 0) is 14.3 Å². The highest BCUT2D eigenvalue weighted by Crippen LogP contribution is 2.37. The summed E-state index contributed by atoms with van der Waals surface area (Å²) in [6, 6.07) is 13.3. The number of esters is 1. The molecule has 128 valence electrons. The summed E-state index contributed by atoms with van der Waals surface area (Å²) >= 11 is 0. The summed E-state index contributed by atoms with van der Waals surface area (Å²) in [7, 11) is 0. The monoisotopic (exact) mass is 336 g/mol. The largest absolute Gasteiger partial charge is 0.465 e. The predicted molar refractivity (Wildman–Crippen MR) is 94.8 cm³/mol. The SMILES string of the molecule is CCOC(=O)[C@H]1C(=O)C=C(C=Cc2ccco2)C[C@@H]1c1ccccc1. The normalized spacial score (nSPS) is 20.5. The van der Waals surface area contributed by atoms with E-state index in [1.54, 1.807) is 19.3 Å². The van der Waals surface area contributed by atoms with E-state index in [0.29, 0.717) is 6.42 Å². The second-order valence-corrected chi connectivity index (χ2v) is 5.92. The van der Waals surface area contributed by atoms with Gasteiger partial charge in [-0.1, -0.05) is 36.4 Å². The third-order valence-corrected chi connectivity index (χ3v) is 4.27. The summed E-state index contributed by atoms with van der Waals surface area (Å²) in [5, 5.41) is 0. The van der Waals surface area contributed by atoms with Gasteiger partial charge in [0.05, 0.1) is 12.9 Å². The number of ether oxygens (including phenoxy) is 1. The third-order valence-electron chi connectivity index (χ3n) is 4.27. The fraction of sp³-hybridized carbons (Fsp3) is 0.238. The Kier molecular flexibility index (Phi) is 5.29. The van der Waals surface area contributed by atoms with Crippen molar-refractivity contribution in [2.24, 2.45) is 5.92 Å². The zero-order chi connectivity index (χ0) is 17.6. The quantitative estimate of drug-likeness (QED) is 0.608. The van der Waals surface area contributed by atoms with E-state index in [4.69, 9.17) is 9.15 Å². The maximum absolute atomic E-state index is 12.6. The number of allylic oxidation sites excluding steroid dienone is 3. The van der Waals surface area contributed by atoms with Crippen molar-refractivity contribution in [1.29, 1.82) is 0 Å². The molecule has 0 saturated carbocycles. The predicted octanol–water partition coefficient (Wildman–Crippen LogP) is 4.16. The molecule has 4 heteroatoms. The Hall–Kier alpha value is -2.88. The summed E-state index contributed by atoms with van der Waals surface area (Å²) in [5.41, 5.74) is 1.83. The minimum Gasteiger partial charge on any atom is -0.465 e. The minimum atomic E-state index is -0.789. The van der Waals surface area contributed by atoms with Crippen LogP contribution in [-0.4, -0.2) is 18.4 Å². The zero-order valence-corrected chi connectivity index (χ0v) is 14.1. The number of hydrogen-bond acceptors (Lipinski definition) is 4. The standard InChI is InChI=1S/C21H20O4/c1-2-24-21(23)20-18(16-7-4-3-5-8-16)13-15(14-19(20)22)10-11-17-9-6-12-25-17/h3-12,14,18,20H,2,13H2,1H3/t18-,20-/m1/s1. The summed E-state index contributed by atoms with van der Waals surface area (Å²) in [4.78, 5) is 25.0. The zero-order valence-electron chi connectivity index (χ0n) is 14.1. The molecule has 0 aliphatic heterocycles. The Bertz CT molecular complexity index is 785. The number of carbonyl (C=O) groups excluding carboxylic acids is 2. The van der Waals surface area contributed by atoms with Gasteiger partial charge in [0.25, 0.3) is 0 Å². The molecule has 2 aromatic rings. The van der Waals surface area contributed by atoms with Crippen molar-refractivity contribution >= 4 is 17.8 Å². The molecule has 0 N–H and O–H groups in total. The molecule has 1 aliphatic rings. The lowest BCUT2D eigenvalue weighted by atomic mass is 9.75. The van der Waals surface area contributed by atoms with Gasteiger partial charge in [0.15, 0.2) is 5.78 Å². The molecule has 0 bridgehead atoms. The smallest absolute Gasteiger partial charge is 0.317 e. The lowest BCUT2D eigenvalue weighted by molar-refractivity contribution is -0.151. The Balaban J connectivity index is 1.90. The van der Waals surface area contributed by atoms with Crippen molar-refractivity contribution in [2.45, 2.75) is 19.3 Å². The van der Waals surface area contributed by atoms with Crippen LogP contribution in [0.3, 0.4) is 0 Å². The molecular weight excluding hydrogens is 316 g/mol. The first-order valence-electron chi connectivity index (χ1n) is 8.36. The molecule has 0 fully saturated rings. The molecule has 2 atom stereocenters. The summed E-state index contributed by atoms with van der Waals surface area (Å²) in [6.45, 7) is 2.01. The molecule has 0 saturated heterocycles. The lowest BCUT2D eigenvalue weighted by Gasteiger charge is -2.28. The molecule has 0 radical (unpaired) electrons. The van der Waals surface area contributed by atoms with E-state index in [-0.39, 0.29) is 18.3 Å². The van der Waals surface area contributed by atoms with Crippen molar-refractivity contribution in [3.8, 4) is 0 Å². The Morgan fingerprint density at radius 1 is 1.20 bits per heavy atom. The maximum atomic E-state index is 12.6. The molecule has 1 aromatic carbocycles. The van der Waals surface area contributed by atoms with Crippen molar-refractivity contribution in [2.75, 3.05) is 6.61 Å². The molecule has 1 heterocycles. The highest BCUT2D eigenvalue weighted by molar-refractivity contribution is 6.07. The van der Waals surface area contributed by atoms with Gasteiger partial charge in [-0.25, -0.2) is 0 Å². The average Bonchev–Trinajstić information content (AvgIpc) is 3.14. The fourth-order valence-corrected chi connectivity index (χ4v) is 3.12. The van der Waals surface area contributed by atoms with Crippen LogP contribution in [0.25, 0.3) is 6.08 Å². The van der Waals surface area contributed by atoms with Gasteiger partial charge < -0.3 is 9.15 Å². The molecule has 4 nitrogen and oxygen atoms in total. The van der Waals surface area contributed by atoms with Gasteiger partial charge in [-0.15, -0.1) is 0 Å². The molecule has 1 aromatic heterocycles. The molecule has 1 aliphatic carbocycles. The Morgan fingerprint density at radius 2 is 2.00 bits per heavy atom. The summed E-state index contributed by atoms with van der Waals surface area (Å²) in [5.74, 6) is -0.960. The van der Waals surface area contributed by atoms with Crippen LogP contribution < -0.4 is 0 Å². The van der Waals surface area contributed by atoms with Crippen LogP contribution in [0, 0.1) is 5.92 Å². The van der Waals surface area contributed by atoms with E-state index < -0.39 is 11.9 Å². The number of rotatable bonds is 5. The number of carbonyl (C=O) groups is 2. The van der Waals surface area contributed by atoms with Crippen molar-refractivity contribution in [1.82, 2.24) is 0 Å². The fourth-order valence-electron chi connectivity index (χ4n) is 3.12. The van der Waals surface area contributed by atoms with E-state index in [1.807, 2.05) is 54.6 Å². The minimum absolute atomic E-state index is 0.211. The van der Waals surface area contributed by atoms with E-state index in [9.17, 15) is 9.59 Å². The van der Waals surface area contributed by atoms with Crippen LogP contribution in [0.5, 0.6) is 0 Å². The highest BCUT2D eigenvalue weighted by Gasteiger charge is 2.38. The van der Waals surface area contributed by atoms with Gasteiger partial charge in [0.2, 0.25) is 0 Å². The molecule has 0 spiro atoms. The van der Waals surface area contributed by atoms with Gasteiger partial charge in [-0.05, 0) is 48.8 Å². The second kappa shape index (κ2) is 7.79. The average molecular weight is 336 g/mol. The van der Waals surface area contributed by atoms with Crippen LogP contribution >= 0.6 is 0 Å². The maximum Gasteiger partial charge on any atom is 0.317 e. The Morgan fingerprint density at radius 3 is 2.68 bits per heavy atom. The molecule has 25 heavy (non-hydrogen) atoms. The van der Waals surface area contributed by atoms with Crippen molar-refractivity contribution < 1.29 is 18.7 Å². The van der Waals surface area contributed by atoms with Crippen LogP contribution in [0.1, 0.15) is 30.6 Å². The second-order valence-electron chi connectivity index (χ2n) is 5.92. The van der Waals surface area contributed by atoms with E-state index in [1.165, 1.54) is 0 Å². The first-order chi connectivity index (χ1) is 12.2. The van der Waals surface area contributed by atoms with E-state index in [0.717, 1.165) is 16.9 Å². The highest BCUT2D eigenvalue weighted by atomic mass is 16.5. The van der Waals surface area contributed by atoms with Crippen LogP contribution in [0.2, 0.25) is 0 Å². The van der Waals surface area contributed by atoms with E-state index in [2.05, 4.69) is 0 Å². The summed E-state index contributed by atoms with van der Waals surface area (Å²) in [6.07, 6.45) is 7.43. The third kappa shape index (κ3) is 3.97. The van der Waals surface area contributed by atoms with E-state index >= 15 is 0 Å². The van der Waals surface area contributed by atoms with Crippen LogP contribution in [0.15, 0.2) is 70.9 Å². The number of ketones is 1. The van der Waals surface area contributed by atoms with Gasteiger partial charge >= 0.3 is 5.97 Å². The molecule has 0 unspecified atom stereocenters.